The van der Waals surface area contributed by atoms with Crippen molar-refractivity contribution in [3.63, 3.8) is 0 Å². The lowest BCUT2D eigenvalue weighted by molar-refractivity contribution is -0.385. The second-order valence-corrected chi connectivity index (χ2v) is 4.83. The number of halogens is 1. The molecule has 0 aliphatic rings. The smallest absolute Gasteiger partial charge is 0.311 e. The van der Waals surface area contributed by atoms with Crippen molar-refractivity contribution in [1.29, 1.82) is 0 Å². The fraction of sp³-hybridized carbons (Fsp3) is 0.200. The highest BCUT2D eigenvalue weighted by Crippen LogP contribution is 2.33. The minimum absolute atomic E-state index is 0.115. The first kappa shape index (κ1) is 15.3. The van der Waals surface area contributed by atoms with Crippen molar-refractivity contribution in [3.8, 4) is 11.5 Å². The van der Waals surface area contributed by atoms with Crippen molar-refractivity contribution in [2.45, 2.75) is 13.5 Å². The van der Waals surface area contributed by atoms with Gasteiger partial charge in [-0.15, -0.1) is 0 Å². The van der Waals surface area contributed by atoms with Crippen molar-refractivity contribution in [2.75, 3.05) is 6.54 Å². The molecule has 0 unspecified atom stereocenters. The Morgan fingerprint density at radius 3 is 2.57 bits per heavy atom. The fourth-order valence-corrected chi connectivity index (χ4v) is 1.95. The molecule has 2 rings (SSSR count). The first-order valence-electron chi connectivity index (χ1n) is 6.51. The zero-order valence-electron chi connectivity index (χ0n) is 11.5. The van der Waals surface area contributed by atoms with Gasteiger partial charge in [-0.25, -0.2) is 0 Å². The van der Waals surface area contributed by atoms with E-state index < -0.39 is 4.92 Å². The number of rotatable bonds is 6. The van der Waals surface area contributed by atoms with Crippen molar-refractivity contribution in [1.82, 2.24) is 5.32 Å². The van der Waals surface area contributed by atoms with Crippen molar-refractivity contribution >= 4 is 17.3 Å². The summed E-state index contributed by atoms with van der Waals surface area (Å²) in [7, 11) is 0. The van der Waals surface area contributed by atoms with Crippen LogP contribution >= 0.6 is 11.6 Å². The molecule has 0 atom stereocenters. The molecule has 21 heavy (non-hydrogen) atoms. The van der Waals surface area contributed by atoms with Gasteiger partial charge in [-0.3, -0.25) is 10.1 Å². The molecule has 2 aromatic carbocycles. The van der Waals surface area contributed by atoms with Crippen LogP contribution in [0.1, 0.15) is 12.5 Å². The lowest BCUT2D eigenvalue weighted by Crippen LogP contribution is -2.11. The van der Waals surface area contributed by atoms with Gasteiger partial charge in [0.05, 0.1) is 4.92 Å². The predicted octanol–water partition coefficient (Wildman–Crippen LogP) is 4.15. The van der Waals surface area contributed by atoms with E-state index in [-0.39, 0.29) is 11.4 Å². The van der Waals surface area contributed by atoms with Gasteiger partial charge in [-0.05, 0) is 30.3 Å². The lowest BCUT2D eigenvalue weighted by atomic mass is 10.2. The largest absolute Gasteiger partial charge is 0.450 e. The van der Waals surface area contributed by atoms with Crippen LogP contribution in [0.4, 0.5) is 5.69 Å². The summed E-state index contributed by atoms with van der Waals surface area (Å²) in [6, 6.07) is 11.6. The lowest BCUT2D eigenvalue weighted by Gasteiger charge is -2.08. The SMILES string of the molecule is CCNCc1ccc(Oc2cc(Cl)ccc2[N+](=O)[O-])cc1. The fourth-order valence-electron chi connectivity index (χ4n) is 1.79. The van der Waals surface area contributed by atoms with Crippen molar-refractivity contribution in [2.24, 2.45) is 0 Å². The second-order valence-electron chi connectivity index (χ2n) is 4.40. The van der Waals surface area contributed by atoms with Gasteiger partial charge in [0, 0.05) is 23.7 Å². The highest BCUT2D eigenvalue weighted by Gasteiger charge is 2.16. The molecule has 6 heteroatoms. The summed E-state index contributed by atoms with van der Waals surface area (Å²) < 4.78 is 5.56. The maximum atomic E-state index is 11.0. The first-order valence-corrected chi connectivity index (χ1v) is 6.89. The van der Waals surface area contributed by atoms with Gasteiger partial charge < -0.3 is 10.1 Å². The number of ether oxygens (including phenoxy) is 1. The van der Waals surface area contributed by atoms with Gasteiger partial charge in [0.15, 0.2) is 0 Å². The third-order valence-electron chi connectivity index (χ3n) is 2.85. The van der Waals surface area contributed by atoms with Crippen LogP contribution in [0.15, 0.2) is 42.5 Å². The Hall–Kier alpha value is -2.11. The highest BCUT2D eigenvalue weighted by atomic mass is 35.5. The summed E-state index contributed by atoms with van der Waals surface area (Å²) in [5.74, 6) is 0.660. The first-order chi connectivity index (χ1) is 10.1. The van der Waals surface area contributed by atoms with E-state index in [9.17, 15) is 10.1 Å². The zero-order valence-corrected chi connectivity index (χ0v) is 12.3. The molecule has 0 bridgehead atoms. The summed E-state index contributed by atoms with van der Waals surface area (Å²) in [4.78, 5) is 10.5. The van der Waals surface area contributed by atoms with Gasteiger partial charge in [-0.1, -0.05) is 30.7 Å². The molecular formula is C15H15ClN2O3. The van der Waals surface area contributed by atoms with E-state index in [1.54, 1.807) is 12.1 Å². The molecule has 0 fully saturated rings. The number of hydrogen-bond acceptors (Lipinski definition) is 4. The molecule has 0 radical (unpaired) electrons. The van der Waals surface area contributed by atoms with Gasteiger partial charge in [0.2, 0.25) is 5.75 Å². The highest BCUT2D eigenvalue weighted by molar-refractivity contribution is 6.30. The van der Waals surface area contributed by atoms with E-state index in [0.717, 1.165) is 18.7 Å². The van der Waals surface area contributed by atoms with Crippen LogP contribution < -0.4 is 10.1 Å². The topological polar surface area (TPSA) is 64.4 Å². The monoisotopic (exact) mass is 306 g/mol. The van der Waals surface area contributed by atoms with Crippen LogP contribution in [0.5, 0.6) is 11.5 Å². The van der Waals surface area contributed by atoms with E-state index in [4.69, 9.17) is 16.3 Å². The molecule has 0 saturated carbocycles. The third kappa shape index (κ3) is 4.18. The van der Waals surface area contributed by atoms with Crippen molar-refractivity contribution < 1.29 is 9.66 Å². The van der Waals surface area contributed by atoms with Crippen LogP contribution in [0, 0.1) is 10.1 Å². The standard InChI is InChI=1S/C15H15ClN2O3/c1-2-17-10-11-3-6-13(7-4-11)21-15-9-12(16)5-8-14(15)18(19)20/h3-9,17H,2,10H2,1H3. The molecule has 0 aliphatic carbocycles. The molecule has 0 aliphatic heterocycles. The second kappa shape index (κ2) is 7.06. The molecule has 5 nitrogen and oxygen atoms in total. The summed E-state index contributed by atoms with van der Waals surface area (Å²) in [6.07, 6.45) is 0. The molecule has 0 amide bonds. The molecule has 2 aromatic rings. The van der Waals surface area contributed by atoms with Crippen LogP contribution in [-0.4, -0.2) is 11.5 Å². The number of benzene rings is 2. The van der Waals surface area contributed by atoms with Gasteiger partial charge in [0.1, 0.15) is 5.75 Å². The summed E-state index contributed by atoms with van der Waals surface area (Å²) >= 11 is 5.86. The van der Waals surface area contributed by atoms with Crippen molar-refractivity contribution in [3.05, 3.63) is 63.2 Å². The molecule has 0 spiro atoms. The Balaban J connectivity index is 2.18. The Bertz CT molecular complexity index is 629. The molecule has 0 aromatic heterocycles. The molecule has 1 N–H and O–H groups in total. The quantitative estimate of drug-likeness (QED) is 0.643. The van der Waals surface area contributed by atoms with E-state index in [0.29, 0.717) is 10.8 Å². The van der Waals surface area contributed by atoms with Crippen LogP contribution in [0.3, 0.4) is 0 Å². The minimum atomic E-state index is -0.495. The molecular weight excluding hydrogens is 292 g/mol. The van der Waals surface area contributed by atoms with Gasteiger partial charge in [-0.2, -0.15) is 0 Å². The maximum absolute atomic E-state index is 11.0. The molecule has 0 heterocycles. The van der Waals surface area contributed by atoms with E-state index in [1.807, 2.05) is 19.1 Å². The normalized spacial score (nSPS) is 10.4. The summed E-state index contributed by atoms with van der Waals surface area (Å²) in [6.45, 7) is 3.71. The Morgan fingerprint density at radius 2 is 1.95 bits per heavy atom. The Morgan fingerprint density at radius 1 is 1.24 bits per heavy atom. The summed E-state index contributed by atoms with van der Waals surface area (Å²) in [5.41, 5.74) is 1.00. The average Bonchev–Trinajstić information content (AvgIpc) is 2.46. The van der Waals surface area contributed by atoms with Crippen LogP contribution in [0.25, 0.3) is 0 Å². The summed E-state index contributed by atoms with van der Waals surface area (Å²) in [5, 5.41) is 14.6. The molecule has 110 valence electrons. The number of hydrogen-bond donors (Lipinski definition) is 1. The Kier molecular flexibility index (Phi) is 5.14. The average molecular weight is 307 g/mol. The zero-order chi connectivity index (χ0) is 15.2. The minimum Gasteiger partial charge on any atom is -0.450 e. The van der Waals surface area contributed by atoms with Gasteiger partial charge >= 0.3 is 5.69 Å². The van der Waals surface area contributed by atoms with Crippen LogP contribution in [0.2, 0.25) is 5.02 Å². The number of nitro benzene ring substituents is 1. The van der Waals surface area contributed by atoms with E-state index >= 15 is 0 Å². The molecule has 0 saturated heterocycles. The number of nitrogens with zero attached hydrogens (tertiary/aromatic N) is 1. The third-order valence-corrected chi connectivity index (χ3v) is 3.08. The van der Waals surface area contributed by atoms with E-state index in [2.05, 4.69) is 5.32 Å². The number of nitrogens with one attached hydrogen (secondary N) is 1. The van der Waals surface area contributed by atoms with Crippen LogP contribution in [-0.2, 0) is 6.54 Å². The van der Waals surface area contributed by atoms with Gasteiger partial charge in [0.25, 0.3) is 0 Å². The maximum Gasteiger partial charge on any atom is 0.311 e. The predicted molar refractivity (Wildman–Crippen MR) is 82.0 cm³/mol. The Labute approximate surface area is 127 Å². The van der Waals surface area contributed by atoms with E-state index in [1.165, 1.54) is 18.2 Å². The number of nitro groups is 1.